The lowest BCUT2D eigenvalue weighted by Crippen LogP contribution is -2.24. The maximum Gasteiger partial charge on any atom is 0.255 e. The van der Waals surface area contributed by atoms with E-state index in [2.05, 4.69) is 10.0 Å². The van der Waals surface area contributed by atoms with Crippen LogP contribution in [0, 0.1) is 11.6 Å². The highest BCUT2D eigenvalue weighted by Crippen LogP contribution is 2.24. The summed E-state index contributed by atoms with van der Waals surface area (Å²) in [5.41, 5.74) is -0.0216. The molecule has 0 aliphatic heterocycles. The van der Waals surface area contributed by atoms with E-state index in [0.717, 1.165) is 18.2 Å². The van der Waals surface area contributed by atoms with Crippen molar-refractivity contribution in [3.8, 4) is 0 Å². The van der Waals surface area contributed by atoms with Gasteiger partial charge in [-0.3, -0.25) is 4.79 Å². The van der Waals surface area contributed by atoms with E-state index in [9.17, 15) is 22.0 Å². The summed E-state index contributed by atoms with van der Waals surface area (Å²) < 4.78 is 58.6. The number of benzene rings is 2. The quantitative estimate of drug-likeness (QED) is 0.624. The van der Waals surface area contributed by atoms with Crippen LogP contribution in [0.1, 0.15) is 16.1 Å². The first kappa shape index (κ1) is 20.0. The van der Waals surface area contributed by atoms with Crippen LogP contribution in [-0.4, -0.2) is 14.3 Å². The van der Waals surface area contributed by atoms with Gasteiger partial charge in [-0.05, 0) is 42.5 Å². The number of rotatable bonds is 6. The van der Waals surface area contributed by atoms with Gasteiger partial charge in [0.1, 0.15) is 10.7 Å². The summed E-state index contributed by atoms with van der Waals surface area (Å²) in [5, 5.41) is 2.27. The second kappa shape index (κ2) is 8.09. The number of nitrogens with one attached hydrogen (secondary N) is 2. The molecule has 2 aromatic carbocycles. The third-order valence-corrected chi connectivity index (χ3v) is 5.56. The van der Waals surface area contributed by atoms with Gasteiger partial charge >= 0.3 is 0 Å². The van der Waals surface area contributed by atoms with Crippen LogP contribution >= 0.6 is 11.6 Å². The predicted molar refractivity (Wildman–Crippen MR) is 98.5 cm³/mol. The lowest BCUT2D eigenvalue weighted by Gasteiger charge is -2.10. The zero-order chi connectivity index (χ0) is 20.3. The molecular weight excluding hydrogens is 414 g/mol. The van der Waals surface area contributed by atoms with Crippen LogP contribution in [0.2, 0.25) is 5.02 Å². The highest BCUT2D eigenvalue weighted by atomic mass is 35.5. The molecular formula is C18H13ClF2N2O4S. The van der Waals surface area contributed by atoms with Crippen LogP contribution in [0.3, 0.4) is 0 Å². The van der Waals surface area contributed by atoms with E-state index in [1.807, 2.05) is 0 Å². The summed E-state index contributed by atoms with van der Waals surface area (Å²) in [4.78, 5) is 12.0. The number of hydrogen-bond donors (Lipinski definition) is 2. The van der Waals surface area contributed by atoms with E-state index in [4.69, 9.17) is 16.0 Å². The molecule has 1 amide bonds. The van der Waals surface area contributed by atoms with Gasteiger partial charge in [-0.25, -0.2) is 21.9 Å². The lowest BCUT2D eigenvalue weighted by atomic mass is 10.2. The molecule has 0 aliphatic rings. The van der Waals surface area contributed by atoms with Crippen LogP contribution in [0.5, 0.6) is 0 Å². The second-order valence-corrected chi connectivity index (χ2v) is 7.77. The van der Waals surface area contributed by atoms with Crippen LogP contribution in [-0.2, 0) is 16.6 Å². The van der Waals surface area contributed by atoms with Gasteiger partial charge in [0, 0.05) is 17.3 Å². The number of carbonyl (C=O) groups excluding carboxylic acids is 1. The number of furan rings is 1. The third kappa shape index (κ3) is 4.56. The van der Waals surface area contributed by atoms with E-state index in [1.165, 1.54) is 24.5 Å². The molecule has 0 fully saturated rings. The van der Waals surface area contributed by atoms with Gasteiger partial charge in [-0.15, -0.1) is 0 Å². The maximum atomic E-state index is 13.3. The van der Waals surface area contributed by atoms with Crippen molar-refractivity contribution in [2.45, 2.75) is 11.4 Å². The Hall–Kier alpha value is -2.75. The first-order valence-corrected chi connectivity index (χ1v) is 9.70. The summed E-state index contributed by atoms with van der Waals surface area (Å²) in [6.07, 6.45) is 1.40. The van der Waals surface area contributed by atoms with Crippen LogP contribution < -0.4 is 10.0 Å². The molecule has 6 nitrogen and oxygen atoms in total. The molecule has 0 radical (unpaired) electrons. The topological polar surface area (TPSA) is 88.4 Å². The highest BCUT2D eigenvalue weighted by Gasteiger charge is 2.20. The SMILES string of the molecule is O=C(Nc1ccc(F)c(F)c1)c1ccc(Cl)c(S(=O)(=O)NCc2ccco2)c1. The minimum atomic E-state index is -4.04. The molecule has 10 heteroatoms. The van der Waals surface area contributed by atoms with E-state index in [0.29, 0.717) is 5.76 Å². The fraction of sp³-hybridized carbons (Fsp3) is 0.0556. The molecule has 2 N–H and O–H groups in total. The normalized spacial score (nSPS) is 11.4. The summed E-state index contributed by atoms with van der Waals surface area (Å²) in [7, 11) is -4.04. The third-order valence-electron chi connectivity index (χ3n) is 3.68. The maximum absolute atomic E-state index is 13.3. The van der Waals surface area contributed by atoms with Crippen molar-refractivity contribution in [1.82, 2.24) is 4.72 Å². The van der Waals surface area contributed by atoms with Crippen LogP contribution in [0.25, 0.3) is 0 Å². The first-order chi connectivity index (χ1) is 13.3. The summed E-state index contributed by atoms with van der Waals surface area (Å²) in [6.45, 7) is -0.100. The van der Waals surface area contributed by atoms with E-state index < -0.39 is 27.6 Å². The Morgan fingerprint density at radius 2 is 1.86 bits per heavy atom. The predicted octanol–water partition coefficient (Wildman–Crippen LogP) is 3.94. The average Bonchev–Trinajstić information content (AvgIpc) is 3.17. The van der Waals surface area contributed by atoms with E-state index in [1.54, 1.807) is 12.1 Å². The van der Waals surface area contributed by atoms with Crippen molar-refractivity contribution in [1.29, 1.82) is 0 Å². The molecule has 0 aliphatic carbocycles. The molecule has 0 spiro atoms. The Bertz CT molecular complexity index is 1120. The molecule has 28 heavy (non-hydrogen) atoms. The Labute approximate surface area is 164 Å². The molecule has 0 unspecified atom stereocenters. The molecule has 0 atom stereocenters. The molecule has 3 rings (SSSR count). The molecule has 1 aromatic heterocycles. The highest BCUT2D eigenvalue weighted by molar-refractivity contribution is 7.89. The van der Waals surface area contributed by atoms with Crippen molar-refractivity contribution in [3.63, 3.8) is 0 Å². The van der Waals surface area contributed by atoms with Crippen molar-refractivity contribution in [2.24, 2.45) is 0 Å². The average molecular weight is 427 g/mol. The van der Waals surface area contributed by atoms with Crippen molar-refractivity contribution in [2.75, 3.05) is 5.32 Å². The van der Waals surface area contributed by atoms with Gasteiger partial charge < -0.3 is 9.73 Å². The first-order valence-electron chi connectivity index (χ1n) is 7.84. The number of sulfonamides is 1. The van der Waals surface area contributed by atoms with Gasteiger partial charge in [0.15, 0.2) is 11.6 Å². The fourth-order valence-electron chi connectivity index (χ4n) is 2.28. The minimum absolute atomic E-state index is 0.0131. The Kier molecular flexibility index (Phi) is 5.78. The number of halogens is 3. The second-order valence-electron chi connectivity index (χ2n) is 5.63. The molecule has 1 heterocycles. The minimum Gasteiger partial charge on any atom is -0.468 e. The zero-order valence-corrected chi connectivity index (χ0v) is 15.7. The Morgan fingerprint density at radius 3 is 2.54 bits per heavy atom. The van der Waals surface area contributed by atoms with E-state index in [-0.39, 0.29) is 27.7 Å². The number of anilines is 1. The smallest absolute Gasteiger partial charge is 0.255 e. The molecule has 0 saturated heterocycles. The Balaban J connectivity index is 1.81. The summed E-state index contributed by atoms with van der Waals surface area (Å²) >= 11 is 5.98. The van der Waals surface area contributed by atoms with Crippen molar-refractivity contribution < 1.29 is 26.4 Å². The largest absolute Gasteiger partial charge is 0.468 e. The number of hydrogen-bond acceptors (Lipinski definition) is 4. The number of amides is 1. The summed E-state index contributed by atoms with van der Waals surface area (Å²) in [6, 6.07) is 9.70. The van der Waals surface area contributed by atoms with Crippen molar-refractivity contribution in [3.05, 3.63) is 82.8 Å². The van der Waals surface area contributed by atoms with Gasteiger partial charge in [0.05, 0.1) is 17.8 Å². The van der Waals surface area contributed by atoms with Crippen LogP contribution in [0.15, 0.2) is 64.1 Å². The molecule has 0 saturated carbocycles. The monoisotopic (exact) mass is 426 g/mol. The fourth-order valence-corrected chi connectivity index (χ4v) is 3.80. The zero-order valence-electron chi connectivity index (χ0n) is 14.1. The Morgan fingerprint density at radius 1 is 1.07 bits per heavy atom. The standard InChI is InChI=1S/C18H13ClF2N2O4S/c19-14-5-3-11(18(24)23-12-4-6-15(20)16(21)9-12)8-17(14)28(25,26)22-10-13-2-1-7-27-13/h1-9,22H,10H2,(H,23,24). The van der Waals surface area contributed by atoms with Crippen LogP contribution in [0.4, 0.5) is 14.5 Å². The van der Waals surface area contributed by atoms with Gasteiger partial charge in [-0.2, -0.15) is 0 Å². The van der Waals surface area contributed by atoms with Gasteiger partial charge in [0.2, 0.25) is 10.0 Å². The lowest BCUT2D eigenvalue weighted by molar-refractivity contribution is 0.102. The van der Waals surface area contributed by atoms with Gasteiger partial charge in [-0.1, -0.05) is 11.6 Å². The van der Waals surface area contributed by atoms with Gasteiger partial charge in [0.25, 0.3) is 5.91 Å². The van der Waals surface area contributed by atoms with E-state index >= 15 is 0 Å². The molecule has 3 aromatic rings. The summed E-state index contributed by atoms with van der Waals surface area (Å²) in [5.74, 6) is -2.50. The molecule has 146 valence electrons. The van der Waals surface area contributed by atoms with Crippen molar-refractivity contribution >= 4 is 33.2 Å². The number of carbonyl (C=O) groups is 1. The molecule has 0 bridgehead atoms.